The van der Waals surface area contributed by atoms with Crippen molar-refractivity contribution in [3.8, 4) is 17.2 Å². The van der Waals surface area contributed by atoms with Gasteiger partial charge in [-0.05, 0) is 48.7 Å². The molecule has 0 fully saturated rings. The largest absolute Gasteiger partial charge is 0.508 e. The molecule has 2 N–H and O–H groups in total. The highest BCUT2D eigenvalue weighted by Crippen LogP contribution is 2.42. The first-order valence-electron chi connectivity index (χ1n) is 7.10. The summed E-state index contributed by atoms with van der Waals surface area (Å²) in [4.78, 5) is 0. The molecule has 21 heavy (non-hydrogen) atoms. The number of benzene rings is 2. The average Bonchev–Trinajstić information content (AvgIpc) is 2.48. The van der Waals surface area contributed by atoms with Crippen molar-refractivity contribution < 1.29 is 14.9 Å². The van der Waals surface area contributed by atoms with Crippen LogP contribution in [0.3, 0.4) is 0 Å². The summed E-state index contributed by atoms with van der Waals surface area (Å²) in [5.41, 5.74) is 4.33. The molecule has 2 aromatic carbocycles. The Morgan fingerprint density at radius 2 is 1.67 bits per heavy atom. The van der Waals surface area contributed by atoms with Crippen LogP contribution in [0.1, 0.15) is 31.4 Å². The molecule has 0 aliphatic carbocycles. The highest BCUT2D eigenvalue weighted by atomic mass is 16.5. The first-order valence-corrected chi connectivity index (χ1v) is 7.10. The van der Waals surface area contributed by atoms with Crippen molar-refractivity contribution in [1.82, 2.24) is 0 Å². The van der Waals surface area contributed by atoms with Gasteiger partial charge in [-0.2, -0.15) is 0 Å². The Balaban J connectivity index is 2.17. The molecule has 0 saturated heterocycles. The molecule has 108 valence electrons. The number of ether oxygens (including phenoxy) is 1. The molecule has 0 unspecified atom stereocenters. The predicted octanol–water partition coefficient (Wildman–Crippen LogP) is 4.20. The number of phenolic OH excluding ortho intramolecular Hbond substituents is 2. The highest BCUT2D eigenvalue weighted by molar-refractivity contribution is 5.95. The van der Waals surface area contributed by atoms with Gasteiger partial charge < -0.3 is 14.9 Å². The fourth-order valence-corrected chi connectivity index (χ4v) is 2.85. The molecule has 0 bridgehead atoms. The number of fused-ring (bicyclic) bond motifs is 1. The second-order valence-electron chi connectivity index (χ2n) is 5.28. The van der Waals surface area contributed by atoms with E-state index in [1.165, 1.54) is 0 Å². The third-order valence-corrected chi connectivity index (χ3v) is 3.91. The molecule has 0 spiro atoms. The number of phenols is 2. The predicted molar refractivity (Wildman–Crippen MR) is 83.4 cm³/mol. The van der Waals surface area contributed by atoms with E-state index in [0.29, 0.717) is 0 Å². The Kier molecular flexibility index (Phi) is 3.34. The van der Waals surface area contributed by atoms with Crippen molar-refractivity contribution in [2.24, 2.45) is 0 Å². The van der Waals surface area contributed by atoms with Crippen molar-refractivity contribution >= 4 is 11.1 Å². The van der Waals surface area contributed by atoms with Gasteiger partial charge in [-0.3, -0.25) is 0 Å². The van der Waals surface area contributed by atoms with Crippen molar-refractivity contribution in [3.63, 3.8) is 0 Å². The van der Waals surface area contributed by atoms with Crippen LogP contribution >= 0.6 is 0 Å². The van der Waals surface area contributed by atoms with E-state index < -0.39 is 0 Å². The molecule has 0 aromatic heterocycles. The minimum Gasteiger partial charge on any atom is -0.508 e. The van der Waals surface area contributed by atoms with Gasteiger partial charge >= 0.3 is 0 Å². The van der Waals surface area contributed by atoms with Gasteiger partial charge in [-0.25, -0.2) is 0 Å². The standard InChI is InChI=1S/C18H18O3/c1-3-16-18(12-4-6-13(19)7-5-12)11(2)15-9-8-14(20)10-17(15)21-16/h4-10,16,19-20H,3H2,1-2H3/t16-/m1/s1. The van der Waals surface area contributed by atoms with Crippen LogP contribution in [0.15, 0.2) is 42.5 Å². The zero-order chi connectivity index (χ0) is 15.0. The maximum absolute atomic E-state index is 9.62. The van der Waals surface area contributed by atoms with Gasteiger partial charge in [0, 0.05) is 17.2 Å². The van der Waals surface area contributed by atoms with Crippen LogP contribution in [-0.2, 0) is 0 Å². The SMILES string of the molecule is CC[C@H]1Oc2cc(O)ccc2C(C)=C1c1ccc(O)cc1. The maximum Gasteiger partial charge on any atom is 0.131 e. The van der Waals surface area contributed by atoms with Crippen LogP contribution in [0.2, 0.25) is 0 Å². The van der Waals surface area contributed by atoms with E-state index in [9.17, 15) is 10.2 Å². The molecule has 1 atom stereocenters. The minimum atomic E-state index is -0.0520. The van der Waals surface area contributed by atoms with Crippen molar-refractivity contribution in [3.05, 3.63) is 53.6 Å². The number of aromatic hydroxyl groups is 2. The lowest BCUT2D eigenvalue weighted by atomic mass is 9.88. The van der Waals surface area contributed by atoms with E-state index in [1.807, 2.05) is 18.2 Å². The number of hydrogen-bond donors (Lipinski definition) is 2. The molecule has 1 heterocycles. The summed E-state index contributed by atoms with van der Waals surface area (Å²) in [6, 6.07) is 12.4. The molecule has 0 saturated carbocycles. The summed E-state index contributed by atoms with van der Waals surface area (Å²) in [5.74, 6) is 1.19. The number of allylic oxidation sites excluding steroid dienone is 1. The van der Waals surface area contributed by atoms with E-state index in [4.69, 9.17) is 4.74 Å². The third kappa shape index (κ3) is 2.35. The summed E-state index contributed by atoms with van der Waals surface area (Å²) in [6.45, 7) is 4.15. The van der Waals surface area contributed by atoms with E-state index in [-0.39, 0.29) is 17.6 Å². The van der Waals surface area contributed by atoms with Gasteiger partial charge in [-0.15, -0.1) is 0 Å². The average molecular weight is 282 g/mol. The molecule has 3 heteroatoms. The molecular formula is C18H18O3. The number of hydrogen-bond acceptors (Lipinski definition) is 3. The smallest absolute Gasteiger partial charge is 0.131 e. The first-order chi connectivity index (χ1) is 10.1. The fourth-order valence-electron chi connectivity index (χ4n) is 2.85. The Bertz CT molecular complexity index is 699. The molecule has 0 radical (unpaired) electrons. The second-order valence-corrected chi connectivity index (χ2v) is 5.28. The van der Waals surface area contributed by atoms with Gasteiger partial charge in [0.1, 0.15) is 23.4 Å². The normalized spacial score (nSPS) is 17.3. The molecule has 1 aliphatic rings. The highest BCUT2D eigenvalue weighted by Gasteiger charge is 2.26. The van der Waals surface area contributed by atoms with E-state index in [0.717, 1.165) is 34.4 Å². The summed E-state index contributed by atoms with van der Waals surface area (Å²) in [6.07, 6.45) is 0.784. The molecule has 0 amide bonds. The van der Waals surface area contributed by atoms with Crippen LogP contribution in [0.5, 0.6) is 17.2 Å². The summed E-state index contributed by atoms with van der Waals surface area (Å²) >= 11 is 0. The van der Waals surface area contributed by atoms with Crippen LogP contribution < -0.4 is 4.74 Å². The van der Waals surface area contributed by atoms with Gasteiger partial charge in [0.05, 0.1) is 0 Å². The van der Waals surface area contributed by atoms with E-state index >= 15 is 0 Å². The Morgan fingerprint density at radius 3 is 2.33 bits per heavy atom. The molecule has 3 rings (SSSR count). The van der Waals surface area contributed by atoms with Crippen molar-refractivity contribution in [2.45, 2.75) is 26.4 Å². The first kappa shape index (κ1) is 13.6. The number of rotatable bonds is 2. The Morgan fingerprint density at radius 1 is 1.00 bits per heavy atom. The Hall–Kier alpha value is -2.42. The van der Waals surface area contributed by atoms with Gasteiger partial charge in [0.15, 0.2) is 0 Å². The van der Waals surface area contributed by atoms with Crippen molar-refractivity contribution in [1.29, 1.82) is 0 Å². The zero-order valence-electron chi connectivity index (χ0n) is 12.1. The van der Waals surface area contributed by atoms with Crippen LogP contribution in [0.25, 0.3) is 11.1 Å². The van der Waals surface area contributed by atoms with Crippen LogP contribution in [0.4, 0.5) is 0 Å². The van der Waals surface area contributed by atoms with Gasteiger partial charge in [-0.1, -0.05) is 19.1 Å². The van der Waals surface area contributed by atoms with Crippen molar-refractivity contribution in [2.75, 3.05) is 0 Å². The lowest BCUT2D eigenvalue weighted by Crippen LogP contribution is -2.22. The quantitative estimate of drug-likeness (QED) is 0.868. The Labute approximate surface area is 124 Å². The monoisotopic (exact) mass is 282 g/mol. The topological polar surface area (TPSA) is 49.7 Å². The van der Waals surface area contributed by atoms with Gasteiger partial charge in [0.2, 0.25) is 0 Å². The lowest BCUT2D eigenvalue weighted by molar-refractivity contribution is 0.249. The summed E-state index contributed by atoms with van der Waals surface area (Å²) < 4.78 is 6.05. The van der Waals surface area contributed by atoms with E-state index in [1.54, 1.807) is 24.3 Å². The molecule has 2 aromatic rings. The molecular weight excluding hydrogens is 264 g/mol. The summed E-state index contributed by atoms with van der Waals surface area (Å²) in [5, 5.41) is 19.1. The zero-order valence-corrected chi connectivity index (χ0v) is 12.1. The third-order valence-electron chi connectivity index (χ3n) is 3.91. The molecule has 3 nitrogen and oxygen atoms in total. The lowest BCUT2D eigenvalue weighted by Gasteiger charge is -2.30. The fraction of sp³-hybridized carbons (Fsp3) is 0.222. The van der Waals surface area contributed by atoms with Gasteiger partial charge in [0.25, 0.3) is 0 Å². The van der Waals surface area contributed by atoms with Crippen LogP contribution in [-0.4, -0.2) is 16.3 Å². The minimum absolute atomic E-state index is 0.0520. The van der Waals surface area contributed by atoms with E-state index in [2.05, 4.69) is 13.8 Å². The summed E-state index contributed by atoms with van der Waals surface area (Å²) in [7, 11) is 0. The second kappa shape index (κ2) is 5.17. The molecule has 1 aliphatic heterocycles. The van der Waals surface area contributed by atoms with Crippen LogP contribution in [0, 0.1) is 0 Å². The maximum atomic E-state index is 9.62.